The van der Waals surface area contributed by atoms with Crippen LogP contribution in [0.1, 0.15) is 36.3 Å². The van der Waals surface area contributed by atoms with E-state index in [-0.39, 0.29) is 11.5 Å². The highest BCUT2D eigenvalue weighted by molar-refractivity contribution is 5.85. The predicted molar refractivity (Wildman–Crippen MR) is 98.8 cm³/mol. The third kappa shape index (κ3) is 3.07. The zero-order valence-corrected chi connectivity index (χ0v) is 15.3. The van der Waals surface area contributed by atoms with Crippen molar-refractivity contribution in [3.05, 3.63) is 71.3 Å². The second kappa shape index (κ2) is 7.00. The lowest BCUT2D eigenvalue weighted by molar-refractivity contribution is -0.148. The Labute approximate surface area is 161 Å². The van der Waals surface area contributed by atoms with Gasteiger partial charge in [-0.25, -0.2) is 8.78 Å². The maximum absolute atomic E-state index is 14.0. The van der Waals surface area contributed by atoms with Crippen LogP contribution >= 0.6 is 0 Å². The van der Waals surface area contributed by atoms with Gasteiger partial charge in [-0.05, 0) is 37.0 Å². The topological polar surface area (TPSA) is 57.6 Å². The highest BCUT2D eigenvalue weighted by Crippen LogP contribution is 2.50. The summed E-state index contributed by atoms with van der Waals surface area (Å²) in [5.41, 5.74) is -0.270. The number of carboxylic acids is 1. The van der Waals surface area contributed by atoms with Crippen LogP contribution in [-0.4, -0.2) is 35.0 Å². The molecular weight excluding hydrogens is 364 g/mol. The van der Waals surface area contributed by atoms with Crippen molar-refractivity contribution in [1.29, 1.82) is 0 Å². The average Bonchev–Trinajstić information content (AvgIpc) is 3.48. The summed E-state index contributed by atoms with van der Waals surface area (Å²) >= 11 is 0. The molecule has 28 heavy (non-hydrogen) atoms. The molecule has 2 atom stereocenters. The lowest BCUT2D eigenvalue weighted by atomic mass is 9.73. The van der Waals surface area contributed by atoms with Crippen LogP contribution in [0, 0.1) is 17.6 Å². The summed E-state index contributed by atoms with van der Waals surface area (Å²) < 4.78 is 27.9. The number of amides is 1. The number of hydrogen-bond donors (Lipinski definition) is 1. The van der Waals surface area contributed by atoms with Crippen LogP contribution in [-0.2, 0) is 15.0 Å². The van der Waals surface area contributed by atoms with Crippen LogP contribution in [0.3, 0.4) is 0 Å². The molecule has 1 N–H and O–H groups in total. The maximum atomic E-state index is 14.0. The van der Waals surface area contributed by atoms with E-state index in [1.54, 1.807) is 4.90 Å². The number of aliphatic carboxylic acids is 1. The number of nitrogens with zero attached hydrogens (tertiary/aromatic N) is 1. The summed E-state index contributed by atoms with van der Waals surface area (Å²) in [5.74, 6) is -3.13. The Morgan fingerprint density at radius 1 is 0.964 bits per heavy atom. The minimum atomic E-state index is -1.00. The minimum absolute atomic E-state index is 0.0120. The van der Waals surface area contributed by atoms with Crippen LogP contribution in [0.5, 0.6) is 0 Å². The number of carbonyl (C=O) groups is 2. The van der Waals surface area contributed by atoms with Crippen molar-refractivity contribution in [3.63, 3.8) is 0 Å². The molecule has 1 aliphatic heterocycles. The van der Waals surface area contributed by atoms with E-state index < -0.39 is 34.9 Å². The summed E-state index contributed by atoms with van der Waals surface area (Å²) in [6, 6.07) is 12.8. The van der Waals surface area contributed by atoms with Crippen molar-refractivity contribution >= 4 is 11.9 Å². The molecule has 4 nitrogen and oxygen atoms in total. The van der Waals surface area contributed by atoms with Gasteiger partial charge in [0.25, 0.3) is 0 Å². The Morgan fingerprint density at radius 2 is 1.57 bits per heavy atom. The fourth-order valence-corrected chi connectivity index (χ4v) is 4.38. The van der Waals surface area contributed by atoms with E-state index in [1.807, 2.05) is 30.3 Å². The van der Waals surface area contributed by atoms with Gasteiger partial charge in [0.05, 0.1) is 5.41 Å². The van der Waals surface area contributed by atoms with Crippen molar-refractivity contribution in [2.45, 2.75) is 30.6 Å². The Bertz CT molecular complexity index is 887. The molecule has 1 aliphatic carbocycles. The smallest absolute Gasteiger partial charge is 0.314 e. The number of benzene rings is 2. The van der Waals surface area contributed by atoms with Gasteiger partial charge in [-0.2, -0.15) is 0 Å². The second-order valence-corrected chi connectivity index (χ2v) is 7.66. The Morgan fingerprint density at radius 3 is 2.14 bits per heavy atom. The standard InChI is InChI=1S/C22H21F2NO3/c23-17-7-4-8-18(24)19(17)15-13-16(15)20(26)25-11-9-22(10-12-25,21(27)28)14-5-2-1-3-6-14/h1-8,15-16H,9-13H2,(H,27,28)/t15-,16-/m1/s1. The first-order valence-corrected chi connectivity index (χ1v) is 9.45. The Kier molecular flexibility index (Phi) is 4.65. The molecule has 0 bridgehead atoms. The number of rotatable bonds is 4. The summed E-state index contributed by atoms with van der Waals surface area (Å²) in [6.07, 6.45) is 1.07. The first kappa shape index (κ1) is 18.6. The molecule has 146 valence electrons. The molecule has 6 heteroatoms. The third-order valence-electron chi connectivity index (χ3n) is 6.14. The van der Waals surface area contributed by atoms with E-state index in [2.05, 4.69) is 0 Å². The lowest BCUT2D eigenvalue weighted by Crippen LogP contribution is -2.49. The van der Waals surface area contributed by atoms with E-state index in [4.69, 9.17) is 0 Å². The fraction of sp³-hybridized carbons (Fsp3) is 0.364. The Hall–Kier alpha value is -2.76. The molecule has 2 aromatic carbocycles. The number of carboxylic acid groups (broad SMARTS) is 1. The number of carbonyl (C=O) groups excluding carboxylic acids is 1. The van der Waals surface area contributed by atoms with E-state index in [1.165, 1.54) is 18.2 Å². The summed E-state index contributed by atoms with van der Waals surface area (Å²) in [4.78, 5) is 26.5. The molecule has 0 spiro atoms. The predicted octanol–water partition coefficient (Wildman–Crippen LogP) is 3.71. The lowest BCUT2D eigenvalue weighted by Gasteiger charge is -2.39. The molecule has 2 aromatic rings. The first-order chi connectivity index (χ1) is 13.4. The van der Waals surface area contributed by atoms with Crippen molar-refractivity contribution in [2.75, 3.05) is 13.1 Å². The monoisotopic (exact) mass is 385 g/mol. The molecule has 1 heterocycles. The molecule has 0 aromatic heterocycles. The van der Waals surface area contributed by atoms with Gasteiger partial charge in [-0.15, -0.1) is 0 Å². The molecular formula is C22H21F2NO3. The first-order valence-electron chi connectivity index (χ1n) is 9.45. The van der Waals surface area contributed by atoms with Gasteiger partial charge >= 0.3 is 5.97 Å². The van der Waals surface area contributed by atoms with Gasteiger partial charge < -0.3 is 10.0 Å². The minimum Gasteiger partial charge on any atom is -0.481 e. The van der Waals surface area contributed by atoms with E-state index >= 15 is 0 Å². The maximum Gasteiger partial charge on any atom is 0.314 e. The van der Waals surface area contributed by atoms with Crippen molar-refractivity contribution < 1.29 is 23.5 Å². The molecule has 0 unspecified atom stereocenters. The van der Waals surface area contributed by atoms with Gasteiger partial charge in [0.15, 0.2) is 0 Å². The number of piperidine rings is 1. The van der Waals surface area contributed by atoms with Gasteiger partial charge in [0.2, 0.25) is 5.91 Å². The zero-order chi connectivity index (χ0) is 19.9. The van der Waals surface area contributed by atoms with Gasteiger partial charge in [0.1, 0.15) is 11.6 Å². The highest BCUT2D eigenvalue weighted by Gasteiger charge is 2.50. The van der Waals surface area contributed by atoms with Crippen LogP contribution in [0.4, 0.5) is 8.78 Å². The number of likely N-dealkylation sites (tertiary alicyclic amines) is 1. The van der Waals surface area contributed by atoms with E-state index in [0.29, 0.717) is 32.4 Å². The fourth-order valence-electron chi connectivity index (χ4n) is 4.38. The van der Waals surface area contributed by atoms with Crippen LogP contribution in [0.15, 0.2) is 48.5 Å². The van der Waals surface area contributed by atoms with Crippen molar-refractivity contribution in [2.24, 2.45) is 5.92 Å². The van der Waals surface area contributed by atoms with Crippen LogP contribution < -0.4 is 0 Å². The molecule has 1 amide bonds. The summed E-state index contributed by atoms with van der Waals surface area (Å²) in [7, 11) is 0. The SMILES string of the molecule is O=C([C@@H]1C[C@H]1c1c(F)cccc1F)N1CCC(C(=O)O)(c2ccccc2)CC1. The third-order valence-corrected chi connectivity index (χ3v) is 6.14. The molecule has 1 saturated heterocycles. The molecule has 2 fully saturated rings. The highest BCUT2D eigenvalue weighted by atomic mass is 19.1. The summed E-state index contributed by atoms with van der Waals surface area (Å²) in [6.45, 7) is 0.645. The van der Waals surface area contributed by atoms with Crippen molar-refractivity contribution in [3.8, 4) is 0 Å². The number of hydrogen-bond acceptors (Lipinski definition) is 2. The molecule has 1 saturated carbocycles. The van der Waals surface area contributed by atoms with E-state index in [9.17, 15) is 23.5 Å². The molecule has 2 aliphatic rings. The van der Waals surface area contributed by atoms with Gasteiger partial charge in [0, 0.05) is 30.5 Å². The quantitative estimate of drug-likeness (QED) is 0.873. The summed E-state index contributed by atoms with van der Waals surface area (Å²) in [5, 5.41) is 9.85. The van der Waals surface area contributed by atoms with Crippen molar-refractivity contribution in [1.82, 2.24) is 4.90 Å². The normalized spacial score (nSPS) is 23.3. The van der Waals surface area contributed by atoms with Crippen LogP contribution in [0.25, 0.3) is 0 Å². The Balaban J connectivity index is 1.46. The largest absolute Gasteiger partial charge is 0.481 e. The van der Waals surface area contributed by atoms with Gasteiger partial charge in [-0.3, -0.25) is 9.59 Å². The molecule has 4 rings (SSSR count). The zero-order valence-electron chi connectivity index (χ0n) is 15.3. The number of halogens is 2. The van der Waals surface area contributed by atoms with E-state index in [0.717, 1.165) is 5.56 Å². The molecule has 0 radical (unpaired) electrons. The van der Waals surface area contributed by atoms with Crippen LogP contribution in [0.2, 0.25) is 0 Å². The second-order valence-electron chi connectivity index (χ2n) is 7.66. The average molecular weight is 385 g/mol. The van der Waals surface area contributed by atoms with Gasteiger partial charge in [-0.1, -0.05) is 36.4 Å².